The van der Waals surface area contributed by atoms with Gasteiger partial charge < -0.3 is 16.8 Å². The lowest BCUT2D eigenvalue weighted by Crippen LogP contribution is -2.16. The zero-order valence-corrected chi connectivity index (χ0v) is 16.5. The molecule has 10 heteroatoms. The van der Waals surface area contributed by atoms with Gasteiger partial charge in [0.2, 0.25) is 5.82 Å². The van der Waals surface area contributed by atoms with E-state index in [1.54, 1.807) is 29.1 Å². The maximum Gasteiger partial charge on any atom is 0.286 e. The Morgan fingerprint density at radius 3 is 2.63 bits per heavy atom. The number of aromatic nitrogens is 3. The Kier molecular flexibility index (Phi) is 4.84. The topological polar surface area (TPSA) is 137 Å². The lowest BCUT2D eigenvalue weighted by molar-refractivity contribution is 0.0988. The first-order chi connectivity index (χ1) is 14.3. The third kappa shape index (κ3) is 3.44. The molecule has 0 aliphatic rings. The lowest BCUT2D eigenvalue weighted by atomic mass is 9.97. The molecule has 4 aromatic rings. The summed E-state index contributed by atoms with van der Waals surface area (Å²) in [6.07, 6.45) is 0. The summed E-state index contributed by atoms with van der Waals surface area (Å²) >= 11 is 1.31. The van der Waals surface area contributed by atoms with Gasteiger partial charge in [-0.15, -0.1) is 11.3 Å². The molecule has 0 bridgehead atoms. The van der Waals surface area contributed by atoms with Gasteiger partial charge >= 0.3 is 0 Å². The van der Waals surface area contributed by atoms with Crippen LogP contribution in [0, 0.1) is 12.7 Å². The van der Waals surface area contributed by atoms with Crippen LogP contribution in [-0.2, 0) is 0 Å². The van der Waals surface area contributed by atoms with Crippen LogP contribution in [0.1, 0.15) is 26.7 Å². The zero-order valence-electron chi connectivity index (χ0n) is 15.6. The minimum Gasteiger partial charge on any atom is -0.383 e. The van der Waals surface area contributed by atoms with Gasteiger partial charge in [-0.05, 0) is 42.3 Å². The molecule has 0 saturated carbocycles. The summed E-state index contributed by atoms with van der Waals surface area (Å²) in [5.74, 6) is -2.31. The van der Waals surface area contributed by atoms with Crippen molar-refractivity contribution in [2.75, 3.05) is 11.1 Å². The van der Waals surface area contributed by atoms with Gasteiger partial charge in [0.05, 0.1) is 16.4 Å². The maximum atomic E-state index is 15.4. The molecule has 30 heavy (non-hydrogen) atoms. The van der Waals surface area contributed by atoms with Gasteiger partial charge in [-0.3, -0.25) is 9.59 Å². The second-order valence-corrected chi connectivity index (χ2v) is 7.19. The fraction of sp³-hybridized carbons (Fsp3) is 0.0500. The van der Waals surface area contributed by atoms with Gasteiger partial charge in [0.25, 0.3) is 11.8 Å². The summed E-state index contributed by atoms with van der Waals surface area (Å²) in [5, 5.41) is 4.38. The first-order valence-corrected chi connectivity index (χ1v) is 9.65. The number of fused-ring (bicyclic) bond motifs is 1. The van der Waals surface area contributed by atoms with Gasteiger partial charge in [0.1, 0.15) is 17.3 Å². The van der Waals surface area contributed by atoms with Crippen LogP contribution in [0.2, 0.25) is 0 Å². The fourth-order valence-corrected chi connectivity index (χ4v) is 3.57. The molecule has 0 saturated heterocycles. The molecule has 2 heterocycles. The van der Waals surface area contributed by atoms with Crippen LogP contribution < -0.4 is 16.8 Å². The van der Waals surface area contributed by atoms with Crippen LogP contribution >= 0.6 is 11.3 Å². The molecule has 0 aliphatic carbocycles. The van der Waals surface area contributed by atoms with Crippen molar-refractivity contribution in [1.82, 2.24) is 15.0 Å². The largest absolute Gasteiger partial charge is 0.383 e. The summed E-state index contributed by atoms with van der Waals surface area (Å²) in [6, 6.07) is 8.23. The van der Waals surface area contributed by atoms with E-state index in [1.165, 1.54) is 23.5 Å². The van der Waals surface area contributed by atoms with E-state index < -0.39 is 11.7 Å². The Bertz CT molecular complexity index is 1310. The van der Waals surface area contributed by atoms with E-state index >= 15 is 4.39 Å². The Morgan fingerprint density at radius 1 is 1.13 bits per heavy atom. The van der Waals surface area contributed by atoms with Gasteiger partial charge in [0, 0.05) is 16.6 Å². The first-order valence-electron chi connectivity index (χ1n) is 8.71. The molecule has 2 aromatic heterocycles. The van der Waals surface area contributed by atoms with Crippen molar-refractivity contribution in [2.24, 2.45) is 5.73 Å². The number of primary amides is 1. The van der Waals surface area contributed by atoms with Crippen LogP contribution in [0.4, 0.5) is 15.9 Å². The second-order valence-electron chi connectivity index (χ2n) is 6.48. The summed E-state index contributed by atoms with van der Waals surface area (Å²) in [4.78, 5) is 35.3. The molecule has 0 spiro atoms. The number of nitrogens with zero attached hydrogens (tertiary/aromatic N) is 3. The van der Waals surface area contributed by atoms with Crippen molar-refractivity contribution in [3.8, 4) is 11.1 Å². The molecule has 0 atom stereocenters. The number of nitrogens with one attached hydrogen (secondary N) is 1. The number of hydrogen-bond acceptors (Lipinski definition) is 7. The summed E-state index contributed by atoms with van der Waals surface area (Å²) < 4.78 is 15.4. The predicted octanol–water partition coefficient (Wildman–Crippen LogP) is 3.13. The monoisotopic (exact) mass is 422 g/mol. The van der Waals surface area contributed by atoms with Crippen molar-refractivity contribution >= 4 is 45.6 Å². The van der Waals surface area contributed by atoms with E-state index in [9.17, 15) is 9.59 Å². The highest BCUT2D eigenvalue weighted by Gasteiger charge is 2.18. The van der Waals surface area contributed by atoms with Crippen LogP contribution in [0.5, 0.6) is 0 Å². The van der Waals surface area contributed by atoms with E-state index in [0.29, 0.717) is 16.9 Å². The normalized spacial score (nSPS) is 10.9. The fourth-order valence-electron chi connectivity index (χ4n) is 3.04. The molecule has 4 rings (SSSR count). The number of nitrogens with two attached hydrogens (primary N) is 2. The number of carbonyl (C=O) groups excluding carboxylic acids is 2. The van der Waals surface area contributed by atoms with Gasteiger partial charge in [-0.25, -0.2) is 19.3 Å². The second kappa shape index (κ2) is 7.48. The molecule has 150 valence electrons. The molecule has 0 fully saturated rings. The smallest absolute Gasteiger partial charge is 0.286 e. The van der Waals surface area contributed by atoms with Gasteiger partial charge in [0.15, 0.2) is 0 Å². The number of thiazole rings is 1. The van der Waals surface area contributed by atoms with Crippen LogP contribution in [0.3, 0.4) is 0 Å². The van der Waals surface area contributed by atoms with Gasteiger partial charge in [-0.1, -0.05) is 6.07 Å². The Labute approximate surface area is 173 Å². The number of aryl methyl sites for hydroxylation is 1. The van der Waals surface area contributed by atoms with Crippen molar-refractivity contribution in [3.63, 3.8) is 0 Å². The van der Waals surface area contributed by atoms with E-state index in [2.05, 4.69) is 20.3 Å². The molecule has 5 N–H and O–H groups in total. The average Bonchev–Trinajstić information content (AvgIpc) is 3.24. The molecule has 8 nitrogen and oxygen atoms in total. The minimum absolute atomic E-state index is 0.00573. The maximum absolute atomic E-state index is 15.4. The highest BCUT2D eigenvalue weighted by molar-refractivity contribution is 7.07. The van der Waals surface area contributed by atoms with Gasteiger partial charge in [-0.2, -0.15) is 0 Å². The summed E-state index contributed by atoms with van der Waals surface area (Å²) in [7, 11) is 0. The average molecular weight is 422 g/mol. The quantitative estimate of drug-likeness (QED) is 0.462. The number of carbonyl (C=O) groups is 2. The Morgan fingerprint density at radius 2 is 1.93 bits per heavy atom. The van der Waals surface area contributed by atoms with Crippen molar-refractivity contribution in [3.05, 3.63) is 64.1 Å². The SMILES string of the molecule is Cc1ccc(NC(=O)c2cscn2)cc1-c1ccc2nc(C(N)=O)nc(N)c2c1F. The summed E-state index contributed by atoms with van der Waals surface area (Å²) in [5.41, 5.74) is 15.2. The number of halogens is 1. The van der Waals surface area contributed by atoms with Crippen LogP contribution in [0.15, 0.2) is 41.2 Å². The van der Waals surface area contributed by atoms with Crippen molar-refractivity contribution in [1.29, 1.82) is 0 Å². The highest BCUT2D eigenvalue weighted by atomic mass is 32.1. The standard InChI is InChI=1S/C20H15FN6O2S/c1-9-2-3-10(25-20(29)14-7-30-8-24-14)6-12(9)11-4-5-13-15(16(11)21)17(22)27-19(26-13)18(23)28/h2-8H,1H3,(H2,23,28)(H,25,29)(H2,22,26,27). The molecule has 0 radical (unpaired) electrons. The molecular formula is C20H15FN6O2S. The predicted molar refractivity (Wildman–Crippen MR) is 113 cm³/mol. The number of hydrogen-bond donors (Lipinski definition) is 3. The molecule has 2 amide bonds. The third-order valence-corrected chi connectivity index (χ3v) is 5.09. The number of amides is 2. The minimum atomic E-state index is -0.854. The summed E-state index contributed by atoms with van der Waals surface area (Å²) in [6.45, 7) is 1.82. The molecular weight excluding hydrogens is 407 g/mol. The van der Waals surface area contributed by atoms with E-state index in [-0.39, 0.29) is 34.0 Å². The van der Waals surface area contributed by atoms with Crippen LogP contribution in [-0.4, -0.2) is 26.8 Å². The lowest BCUT2D eigenvalue weighted by Gasteiger charge is -2.13. The van der Waals surface area contributed by atoms with Crippen molar-refractivity contribution < 1.29 is 14.0 Å². The van der Waals surface area contributed by atoms with E-state index in [1.807, 2.05) is 6.92 Å². The number of benzene rings is 2. The van der Waals surface area contributed by atoms with Crippen molar-refractivity contribution in [2.45, 2.75) is 6.92 Å². The zero-order chi connectivity index (χ0) is 21.4. The number of anilines is 2. The number of nitrogen functional groups attached to an aromatic ring is 1. The number of rotatable bonds is 4. The Balaban J connectivity index is 1.79. The Hall–Kier alpha value is -3.92. The van der Waals surface area contributed by atoms with E-state index in [4.69, 9.17) is 11.5 Å². The molecule has 0 aliphatic heterocycles. The van der Waals surface area contributed by atoms with E-state index in [0.717, 1.165) is 5.56 Å². The first kappa shape index (κ1) is 19.4. The van der Waals surface area contributed by atoms with Crippen LogP contribution in [0.25, 0.3) is 22.0 Å². The highest BCUT2D eigenvalue weighted by Crippen LogP contribution is 2.34. The third-order valence-electron chi connectivity index (χ3n) is 4.50. The molecule has 0 unspecified atom stereocenters. The molecule has 2 aromatic carbocycles.